The maximum atomic E-state index is 14.6. The molecule has 0 unspecified atom stereocenters. The molecule has 1 aliphatic heterocycles. The van der Waals surface area contributed by atoms with Gasteiger partial charge in [0.05, 0.1) is 16.3 Å². The van der Waals surface area contributed by atoms with Gasteiger partial charge < -0.3 is 9.80 Å². The average molecular weight is 512 g/mol. The Labute approximate surface area is 214 Å². The minimum Gasteiger partial charge on any atom is -0.362 e. The molecule has 1 aromatic heterocycles. The highest BCUT2D eigenvalue weighted by Crippen LogP contribution is 2.31. The van der Waals surface area contributed by atoms with Gasteiger partial charge in [0, 0.05) is 55.5 Å². The first kappa shape index (κ1) is 25.6. The Morgan fingerprint density at radius 3 is 2.58 bits per heavy atom. The van der Waals surface area contributed by atoms with Crippen LogP contribution in [-0.4, -0.2) is 39.7 Å². The van der Waals surface area contributed by atoms with Gasteiger partial charge >= 0.3 is 0 Å². The molecule has 1 amide bonds. The molecule has 0 aliphatic carbocycles. The lowest BCUT2D eigenvalue weighted by Crippen LogP contribution is -2.39. The number of aromatic nitrogens is 2. The van der Waals surface area contributed by atoms with E-state index in [4.69, 9.17) is 11.6 Å². The second-order valence-electron chi connectivity index (χ2n) is 10.1. The Balaban J connectivity index is 1.62. The van der Waals surface area contributed by atoms with Gasteiger partial charge in [-0.05, 0) is 36.8 Å². The van der Waals surface area contributed by atoms with Gasteiger partial charge in [0.1, 0.15) is 23.4 Å². The number of rotatable bonds is 5. The van der Waals surface area contributed by atoms with E-state index in [9.17, 15) is 18.8 Å². The van der Waals surface area contributed by atoms with Crippen molar-refractivity contribution in [3.05, 3.63) is 81.6 Å². The van der Waals surface area contributed by atoms with Crippen molar-refractivity contribution in [2.45, 2.75) is 45.2 Å². The fraction of sp³-hybridized carbons (Fsp3) is 0.370. The minimum absolute atomic E-state index is 0.117. The summed E-state index contributed by atoms with van der Waals surface area (Å²) in [5.74, 6) is -1.41. The Bertz CT molecular complexity index is 1340. The van der Waals surface area contributed by atoms with Crippen LogP contribution < -0.4 is 4.90 Å². The highest BCUT2D eigenvalue weighted by Gasteiger charge is 2.33. The van der Waals surface area contributed by atoms with Gasteiger partial charge in [-0.25, -0.2) is 8.78 Å². The van der Waals surface area contributed by atoms with Gasteiger partial charge in [0.15, 0.2) is 0 Å². The van der Waals surface area contributed by atoms with Crippen LogP contribution in [0.2, 0.25) is 5.02 Å². The second kappa shape index (κ2) is 9.90. The third-order valence-electron chi connectivity index (χ3n) is 6.52. The molecule has 2 heterocycles. The quantitative estimate of drug-likeness (QED) is 0.457. The number of nitrogens with zero attached hydrogens (tertiary/aromatic N) is 5. The molecular formula is C27H28ClF2N5O. The number of likely N-dealkylation sites (tertiary alicyclic amines) is 1. The average Bonchev–Trinajstić information content (AvgIpc) is 3.45. The van der Waals surface area contributed by atoms with Crippen LogP contribution in [0.4, 0.5) is 14.5 Å². The van der Waals surface area contributed by atoms with Crippen LogP contribution in [0.3, 0.4) is 0 Å². The smallest absolute Gasteiger partial charge is 0.272 e. The van der Waals surface area contributed by atoms with Crippen molar-refractivity contribution in [2.24, 2.45) is 7.05 Å². The summed E-state index contributed by atoms with van der Waals surface area (Å²) >= 11 is 6.30. The lowest BCUT2D eigenvalue weighted by Gasteiger charge is -2.32. The number of amides is 1. The third kappa shape index (κ3) is 5.21. The van der Waals surface area contributed by atoms with Crippen LogP contribution in [0, 0.1) is 23.0 Å². The molecule has 6 nitrogen and oxygen atoms in total. The molecule has 4 rings (SSSR count). The molecule has 1 fully saturated rings. The van der Waals surface area contributed by atoms with E-state index in [2.05, 4.69) is 5.10 Å². The monoisotopic (exact) mass is 511 g/mol. The molecule has 0 saturated carbocycles. The van der Waals surface area contributed by atoms with Crippen LogP contribution in [0.5, 0.6) is 0 Å². The third-order valence-corrected chi connectivity index (χ3v) is 6.83. The minimum atomic E-state index is -0.646. The Hall–Kier alpha value is -3.44. The molecule has 1 atom stereocenters. The van der Waals surface area contributed by atoms with Crippen molar-refractivity contribution < 1.29 is 13.6 Å². The summed E-state index contributed by atoms with van der Waals surface area (Å²) < 4.78 is 29.7. The van der Waals surface area contributed by atoms with Crippen LogP contribution in [0.1, 0.15) is 54.5 Å². The zero-order valence-corrected chi connectivity index (χ0v) is 21.5. The molecule has 0 radical (unpaired) electrons. The number of carbonyl (C=O) groups excluding carboxylic acids is 1. The molecule has 0 bridgehead atoms. The molecular weight excluding hydrogens is 484 g/mol. The summed E-state index contributed by atoms with van der Waals surface area (Å²) in [6.07, 6.45) is 0.649. The lowest BCUT2D eigenvalue weighted by molar-refractivity contribution is 0.0779. The first-order chi connectivity index (χ1) is 17.0. The number of aryl methyl sites for hydroxylation is 1. The van der Waals surface area contributed by atoms with Crippen molar-refractivity contribution >= 4 is 23.2 Å². The van der Waals surface area contributed by atoms with Crippen molar-refractivity contribution in [3.8, 4) is 6.07 Å². The highest BCUT2D eigenvalue weighted by molar-refractivity contribution is 6.32. The van der Waals surface area contributed by atoms with Crippen LogP contribution >= 0.6 is 11.6 Å². The van der Waals surface area contributed by atoms with Gasteiger partial charge in [-0.2, -0.15) is 10.4 Å². The van der Waals surface area contributed by atoms with Gasteiger partial charge in [0.2, 0.25) is 0 Å². The summed E-state index contributed by atoms with van der Waals surface area (Å²) in [7, 11) is 1.76. The zero-order valence-electron chi connectivity index (χ0n) is 20.7. The van der Waals surface area contributed by atoms with Crippen molar-refractivity contribution in [1.29, 1.82) is 5.26 Å². The number of hydrogen-bond donors (Lipinski definition) is 0. The van der Waals surface area contributed by atoms with Crippen LogP contribution in [-0.2, 0) is 19.0 Å². The number of carbonyl (C=O) groups is 1. The maximum absolute atomic E-state index is 14.6. The van der Waals surface area contributed by atoms with E-state index in [-0.39, 0.29) is 28.9 Å². The normalized spacial score (nSPS) is 15.7. The number of halogens is 3. The molecule has 0 spiro atoms. The van der Waals surface area contributed by atoms with E-state index in [1.807, 2.05) is 37.8 Å². The topological polar surface area (TPSA) is 65.2 Å². The predicted octanol–water partition coefficient (Wildman–Crippen LogP) is 5.44. The van der Waals surface area contributed by atoms with Gasteiger partial charge in [0.25, 0.3) is 5.91 Å². The van der Waals surface area contributed by atoms with Gasteiger partial charge in [-0.3, -0.25) is 9.48 Å². The summed E-state index contributed by atoms with van der Waals surface area (Å²) in [4.78, 5) is 17.1. The van der Waals surface area contributed by atoms with Crippen LogP contribution in [0.25, 0.3) is 0 Å². The standard InChI is InChI=1S/C27H28ClF2N5O/c1-27(2,3)25-13-24(33(4)32-25)26(36)34-10-9-21(16-34)35(15-18-5-7-19(29)11-23(18)30)20-8-6-17(14-31)22(28)12-20/h5-8,11-13,21H,9-10,15-16H2,1-4H3/t21-/m0/s1. The molecule has 188 valence electrons. The number of anilines is 1. The fourth-order valence-electron chi connectivity index (χ4n) is 4.41. The Kier molecular flexibility index (Phi) is 7.05. The molecule has 36 heavy (non-hydrogen) atoms. The van der Waals surface area contributed by atoms with E-state index >= 15 is 0 Å². The van der Waals surface area contributed by atoms with Crippen molar-refractivity contribution in [2.75, 3.05) is 18.0 Å². The predicted molar refractivity (Wildman–Crippen MR) is 135 cm³/mol. The molecule has 0 N–H and O–H groups in total. The zero-order chi connectivity index (χ0) is 26.2. The van der Waals surface area contributed by atoms with E-state index in [0.29, 0.717) is 42.0 Å². The van der Waals surface area contributed by atoms with Gasteiger partial charge in [-0.15, -0.1) is 0 Å². The summed E-state index contributed by atoms with van der Waals surface area (Å²) in [6.45, 7) is 7.22. The van der Waals surface area contributed by atoms with E-state index in [1.54, 1.807) is 34.8 Å². The first-order valence-electron chi connectivity index (χ1n) is 11.7. The Morgan fingerprint density at radius 1 is 1.22 bits per heavy atom. The molecule has 1 saturated heterocycles. The molecule has 1 aliphatic rings. The fourth-order valence-corrected chi connectivity index (χ4v) is 4.63. The molecule has 9 heteroatoms. The number of nitriles is 1. The molecule has 2 aromatic carbocycles. The van der Waals surface area contributed by atoms with Crippen LogP contribution in [0.15, 0.2) is 42.5 Å². The number of hydrogen-bond acceptors (Lipinski definition) is 4. The van der Waals surface area contributed by atoms with E-state index in [0.717, 1.165) is 11.8 Å². The highest BCUT2D eigenvalue weighted by atomic mass is 35.5. The second-order valence-corrected chi connectivity index (χ2v) is 10.5. The largest absolute Gasteiger partial charge is 0.362 e. The van der Waals surface area contributed by atoms with Crippen molar-refractivity contribution in [1.82, 2.24) is 14.7 Å². The Morgan fingerprint density at radius 2 is 1.97 bits per heavy atom. The van der Waals surface area contributed by atoms with Gasteiger partial charge in [-0.1, -0.05) is 38.4 Å². The number of benzene rings is 2. The van der Waals surface area contributed by atoms with E-state index < -0.39 is 11.6 Å². The summed E-state index contributed by atoms with van der Waals surface area (Å²) in [6, 6.07) is 12.3. The summed E-state index contributed by atoms with van der Waals surface area (Å²) in [5, 5.41) is 14.1. The first-order valence-corrected chi connectivity index (χ1v) is 12.1. The SMILES string of the molecule is Cn1nc(C(C)(C)C)cc1C(=O)N1CC[C@H](N(Cc2ccc(F)cc2F)c2ccc(C#N)c(Cl)c2)C1. The van der Waals surface area contributed by atoms with E-state index in [1.165, 1.54) is 12.1 Å². The summed E-state index contributed by atoms with van der Waals surface area (Å²) in [5.41, 5.74) is 2.51. The van der Waals surface area contributed by atoms with Crippen molar-refractivity contribution in [3.63, 3.8) is 0 Å². The maximum Gasteiger partial charge on any atom is 0.272 e. The lowest BCUT2D eigenvalue weighted by atomic mass is 9.92. The molecule has 3 aromatic rings.